The number of amides is 1. The molecule has 0 bridgehead atoms. The van der Waals surface area contributed by atoms with Crippen LogP contribution in [0.4, 0.5) is 0 Å². The number of hydrogen-bond acceptors (Lipinski definition) is 4. The second-order valence-electron chi connectivity index (χ2n) is 5.56. The highest BCUT2D eigenvalue weighted by atomic mass is 16.5. The van der Waals surface area contributed by atoms with E-state index in [-0.39, 0.29) is 29.7 Å². The summed E-state index contributed by atoms with van der Waals surface area (Å²) in [6.45, 7) is 6.67. The first-order valence-corrected chi connectivity index (χ1v) is 6.56. The molecule has 0 aromatic carbocycles. The minimum Gasteiger partial charge on any atom is -0.459 e. The summed E-state index contributed by atoms with van der Waals surface area (Å²) in [7, 11) is 0. The smallest absolute Gasteiger partial charge is 0.287 e. The second-order valence-corrected chi connectivity index (χ2v) is 5.56. The molecule has 1 aromatic heterocycles. The normalized spacial score (nSPS) is 28.7. The number of nitrogens with one attached hydrogen (secondary N) is 1. The number of rotatable bonds is 5. The molecule has 1 aliphatic carbocycles. The van der Waals surface area contributed by atoms with Gasteiger partial charge >= 0.3 is 0 Å². The Morgan fingerprint density at radius 3 is 2.89 bits per heavy atom. The molecule has 0 radical (unpaired) electrons. The van der Waals surface area contributed by atoms with Crippen LogP contribution in [0.5, 0.6) is 0 Å². The SMILES string of the molecule is CCO[C@H]1C[C@@](O)(CNC(=O)c2ccco2)C1(C)C. The Bertz CT molecular complexity index is 440. The molecule has 0 unspecified atom stereocenters. The van der Waals surface area contributed by atoms with Crippen LogP contribution >= 0.6 is 0 Å². The molecule has 1 amide bonds. The van der Waals surface area contributed by atoms with Crippen molar-refractivity contribution in [1.29, 1.82) is 0 Å². The van der Waals surface area contributed by atoms with Gasteiger partial charge in [0.15, 0.2) is 5.76 Å². The summed E-state index contributed by atoms with van der Waals surface area (Å²) in [4.78, 5) is 11.8. The largest absolute Gasteiger partial charge is 0.459 e. The van der Waals surface area contributed by atoms with Gasteiger partial charge in [0.25, 0.3) is 5.91 Å². The topological polar surface area (TPSA) is 71.7 Å². The highest BCUT2D eigenvalue weighted by Gasteiger charge is 2.59. The van der Waals surface area contributed by atoms with Crippen LogP contribution in [-0.2, 0) is 4.74 Å². The van der Waals surface area contributed by atoms with Gasteiger partial charge in [-0.3, -0.25) is 4.79 Å². The van der Waals surface area contributed by atoms with Crippen molar-refractivity contribution in [3.63, 3.8) is 0 Å². The molecule has 5 heteroatoms. The van der Waals surface area contributed by atoms with Crippen molar-refractivity contribution in [2.75, 3.05) is 13.2 Å². The van der Waals surface area contributed by atoms with Gasteiger partial charge in [-0.05, 0) is 19.1 Å². The van der Waals surface area contributed by atoms with E-state index in [9.17, 15) is 9.90 Å². The standard InChI is InChI=1S/C14H21NO4/c1-4-18-11-8-14(17,13(11,2)3)9-15-12(16)10-6-5-7-19-10/h5-7,11,17H,4,8-9H2,1-3H3,(H,15,16)/t11-,14+/m0/s1. The van der Waals surface area contributed by atoms with Crippen molar-refractivity contribution in [3.8, 4) is 0 Å². The minimum atomic E-state index is -0.935. The highest BCUT2D eigenvalue weighted by molar-refractivity contribution is 5.91. The Kier molecular flexibility index (Phi) is 3.69. The molecule has 106 valence electrons. The molecule has 0 spiro atoms. The summed E-state index contributed by atoms with van der Waals surface area (Å²) in [5.41, 5.74) is -1.31. The van der Waals surface area contributed by atoms with Gasteiger partial charge in [0.1, 0.15) is 0 Å². The molecule has 2 N–H and O–H groups in total. The van der Waals surface area contributed by atoms with E-state index in [4.69, 9.17) is 9.15 Å². The second kappa shape index (κ2) is 4.98. The molecule has 2 atom stereocenters. The molecule has 1 fully saturated rings. The van der Waals surface area contributed by atoms with Crippen LogP contribution in [0.25, 0.3) is 0 Å². The van der Waals surface area contributed by atoms with Gasteiger partial charge in [-0.2, -0.15) is 0 Å². The lowest BCUT2D eigenvalue weighted by molar-refractivity contribution is -0.237. The summed E-state index contributed by atoms with van der Waals surface area (Å²) in [6, 6.07) is 3.25. The number of hydrogen-bond donors (Lipinski definition) is 2. The lowest BCUT2D eigenvalue weighted by Crippen LogP contribution is -2.68. The van der Waals surface area contributed by atoms with Gasteiger partial charge in [-0.25, -0.2) is 0 Å². The fourth-order valence-electron chi connectivity index (χ4n) is 2.48. The zero-order valence-electron chi connectivity index (χ0n) is 11.6. The average Bonchev–Trinajstić information content (AvgIpc) is 2.89. The molecule has 5 nitrogen and oxygen atoms in total. The zero-order chi connectivity index (χ0) is 14.1. The van der Waals surface area contributed by atoms with Crippen LogP contribution in [0.15, 0.2) is 22.8 Å². The molecule has 1 aromatic rings. The average molecular weight is 267 g/mol. The van der Waals surface area contributed by atoms with Gasteiger partial charge in [-0.15, -0.1) is 0 Å². The summed E-state index contributed by atoms with van der Waals surface area (Å²) in [6.07, 6.45) is 2.01. The Labute approximate surface area is 112 Å². The molecule has 0 saturated heterocycles. The molecular weight excluding hydrogens is 246 g/mol. The van der Waals surface area contributed by atoms with E-state index in [1.54, 1.807) is 12.1 Å². The van der Waals surface area contributed by atoms with Crippen molar-refractivity contribution in [2.45, 2.75) is 38.9 Å². The van der Waals surface area contributed by atoms with Crippen LogP contribution < -0.4 is 5.32 Å². The van der Waals surface area contributed by atoms with E-state index < -0.39 is 5.60 Å². The lowest BCUT2D eigenvalue weighted by Gasteiger charge is -2.57. The van der Waals surface area contributed by atoms with Crippen LogP contribution in [0, 0.1) is 5.41 Å². The number of carbonyl (C=O) groups excluding carboxylic acids is 1. The highest BCUT2D eigenvalue weighted by Crippen LogP contribution is 2.50. The number of ether oxygens (including phenoxy) is 1. The Hall–Kier alpha value is -1.33. The molecule has 1 saturated carbocycles. The fraction of sp³-hybridized carbons (Fsp3) is 0.643. The van der Waals surface area contributed by atoms with Crippen molar-refractivity contribution >= 4 is 5.91 Å². The monoisotopic (exact) mass is 267 g/mol. The number of carbonyl (C=O) groups is 1. The van der Waals surface area contributed by atoms with Gasteiger partial charge < -0.3 is 19.6 Å². The first-order valence-electron chi connectivity index (χ1n) is 6.56. The molecule has 1 aliphatic rings. The van der Waals surface area contributed by atoms with Gasteiger partial charge in [0.2, 0.25) is 0 Å². The summed E-state index contributed by atoms with van der Waals surface area (Å²) >= 11 is 0. The molecule has 0 aliphatic heterocycles. The third kappa shape index (κ3) is 2.40. The number of aliphatic hydroxyl groups is 1. The first-order chi connectivity index (χ1) is 8.90. The maximum absolute atomic E-state index is 11.8. The predicted octanol–water partition coefficient (Wildman–Crippen LogP) is 1.58. The van der Waals surface area contributed by atoms with Crippen LogP contribution in [0.1, 0.15) is 37.7 Å². The summed E-state index contributed by atoms with van der Waals surface area (Å²) in [5, 5.41) is 13.3. The van der Waals surface area contributed by atoms with E-state index in [0.29, 0.717) is 13.0 Å². The third-order valence-electron chi connectivity index (χ3n) is 4.18. The van der Waals surface area contributed by atoms with E-state index in [0.717, 1.165) is 0 Å². The molecular formula is C14H21NO4. The van der Waals surface area contributed by atoms with E-state index >= 15 is 0 Å². The zero-order valence-corrected chi connectivity index (χ0v) is 11.6. The van der Waals surface area contributed by atoms with Gasteiger partial charge in [0.05, 0.1) is 18.0 Å². The van der Waals surface area contributed by atoms with E-state index in [1.165, 1.54) is 6.26 Å². The van der Waals surface area contributed by atoms with Crippen molar-refractivity contribution in [1.82, 2.24) is 5.32 Å². The third-order valence-corrected chi connectivity index (χ3v) is 4.18. The van der Waals surface area contributed by atoms with E-state index in [2.05, 4.69) is 5.32 Å². The first kappa shape index (κ1) is 14.1. The van der Waals surface area contributed by atoms with Gasteiger partial charge in [-0.1, -0.05) is 13.8 Å². The maximum Gasteiger partial charge on any atom is 0.287 e. The Morgan fingerprint density at radius 1 is 1.63 bits per heavy atom. The Morgan fingerprint density at radius 2 is 2.37 bits per heavy atom. The summed E-state index contributed by atoms with van der Waals surface area (Å²) < 4.78 is 10.6. The van der Waals surface area contributed by atoms with Crippen LogP contribution in [0.2, 0.25) is 0 Å². The maximum atomic E-state index is 11.8. The van der Waals surface area contributed by atoms with Crippen LogP contribution in [0.3, 0.4) is 0 Å². The fourth-order valence-corrected chi connectivity index (χ4v) is 2.48. The van der Waals surface area contributed by atoms with E-state index in [1.807, 2.05) is 20.8 Å². The minimum absolute atomic E-state index is 0.0306. The van der Waals surface area contributed by atoms with Crippen molar-refractivity contribution in [2.24, 2.45) is 5.41 Å². The molecule has 19 heavy (non-hydrogen) atoms. The molecule has 1 heterocycles. The lowest BCUT2D eigenvalue weighted by atomic mass is 9.56. The Balaban J connectivity index is 1.91. The molecule has 2 rings (SSSR count). The van der Waals surface area contributed by atoms with Crippen molar-refractivity contribution in [3.05, 3.63) is 24.2 Å². The van der Waals surface area contributed by atoms with Crippen LogP contribution in [-0.4, -0.2) is 35.9 Å². The van der Waals surface area contributed by atoms with Crippen molar-refractivity contribution < 1.29 is 19.1 Å². The predicted molar refractivity (Wildman–Crippen MR) is 69.8 cm³/mol. The quantitative estimate of drug-likeness (QED) is 0.849. The van der Waals surface area contributed by atoms with Gasteiger partial charge in [0, 0.05) is 25.0 Å². The number of furan rings is 1. The summed E-state index contributed by atoms with van der Waals surface area (Å²) in [5.74, 6) is -0.0591.